The van der Waals surface area contributed by atoms with Crippen LogP contribution in [0.1, 0.15) is 29.7 Å². The van der Waals surface area contributed by atoms with E-state index < -0.39 is 0 Å². The lowest BCUT2D eigenvalue weighted by molar-refractivity contribution is -0.128. The van der Waals surface area contributed by atoms with Crippen LogP contribution in [0, 0.1) is 13.8 Å². The van der Waals surface area contributed by atoms with Crippen LogP contribution in [-0.4, -0.2) is 43.4 Å². The van der Waals surface area contributed by atoms with Crippen LogP contribution in [0.2, 0.25) is 0 Å². The van der Waals surface area contributed by atoms with Gasteiger partial charge in [0.15, 0.2) is 11.0 Å². The van der Waals surface area contributed by atoms with E-state index in [4.69, 9.17) is 0 Å². The third kappa shape index (κ3) is 4.98. The number of aryl methyl sites for hydroxylation is 2. The smallest absolute Gasteiger partial charge is 0.233 e. The van der Waals surface area contributed by atoms with Crippen LogP contribution in [0.3, 0.4) is 0 Å². The van der Waals surface area contributed by atoms with Crippen LogP contribution < -0.4 is 0 Å². The van der Waals surface area contributed by atoms with Crippen molar-refractivity contribution in [2.75, 3.05) is 12.8 Å². The highest BCUT2D eigenvalue weighted by Gasteiger charge is 2.22. The molecule has 2 aromatic heterocycles. The molecule has 0 spiro atoms. The molecule has 0 saturated heterocycles. The fraction of sp³-hybridized carbons (Fsp3) is 0.231. The van der Waals surface area contributed by atoms with E-state index >= 15 is 0 Å². The van der Waals surface area contributed by atoms with Crippen LogP contribution in [-0.2, 0) is 4.79 Å². The number of pyridine rings is 1. The van der Waals surface area contributed by atoms with Gasteiger partial charge in [-0.15, -0.1) is 10.2 Å². The summed E-state index contributed by atoms with van der Waals surface area (Å²) in [6.07, 6.45) is 1.74. The van der Waals surface area contributed by atoms with Crippen LogP contribution >= 0.6 is 11.8 Å². The van der Waals surface area contributed by atoms with E-state index in [1.807, 2.05) is 67.1 Å². The zero-order valence-corrected chi connectivity index (χ0v) is 20.1. The topological polar surface area (TPSA) is 63.9 Å². The maximum atomic E-state index is 13.0. The number of aromatic nitrogens is 4. The number of carbonyl (C=O) groups is 1. The van der Waals surface area contributed by atoms with Crippen molar-refractivity contribution < 1.29 is 4.79 Å². The quantitative estimate of drug-likeness (QED) is 0.354. The molecule has 1 amide bonds. The molecule has 0 aliphatic rings. The summed E-state index contributed by atoms with van der Waals surface area (Å²) in [6.45, 7) is 6.18. The first-order valence-corrected chi connectivity index (χ1v) is 11.8. The summed E-state index contributed by atoms with van der Waals surface area (Å²) >= 11 is 1.39. The molecule has 6 nitrogen and oxygen atoms in total. The zero-order chi connectivity index (χ0) is 23.4. The third-order valence-electron chi connectivity index (χ3n) is 5.70. The Kier molecular flexibility index (Phi) is 6.89. The summed E-state index contributed by atoms with van der Waals surface area (Å²) < 4.78 is 2.00. The average molecular weight is 458 g/mol. The number of hydrogen-bond donors (Lipinski definition) is 0. The van der Waals surface area contributed by atoms with Crippen molar-refractivity contribution in [3.05, 3.63) is 89.6 Å². The van der Waals surface area contributed by atoms with Crippen LogP contribution in [0.5, 0.6) is 0 Å². The molecular formula is C26H27N5OS. The third-order valence-corrected chi connectivity index (χ3v) is 6.62. The second-order valence-corrected chi connectivity index (χ2v) is 8.97. The van der Waals surface area contributed by atoms with Gasteiger partial charge in [-0.05, 0) is 50.1 Å². The first kappa shape index (κ1) is 22.7. The highest BCUT2D eigenvalue weighted by molar-refractivity contribution is 7.99. The van der Waals surface area contributed by atoms with Crippen molar-refractivity contribution in [1.29, 1.82) is 0 Å². The number of nitrogens with zero attached hydrogens (tertiary/aromatic N) is 5. The van der Waals surface area contributed by atoms with Crippen molar-refractivity contribution in [1.82, 2.24) is 24.6 Å². The van der Waals surface area contributed by atoms with Gasteiger partial charge in [0.1, 0.15) is 5.69 Å². The summed E-state index contributed by atoms with van der Waals surface area (Å²) in [5, 5.41) is 9.53. The minimum atomic E-state index is -0.0133. The number of amides is 1. The molecule has 0 aliphatic heterocycles. The molecular weight excluding hydrogens is 430 g/mol. The summed E-state index contributed by atoms with van der Waals surface area (Å²) in [5.74, 6) is 0.952. The molecule has 7 heteroatoms. The minimum Gasteiger partial charge on any atom is -0.338 e. The summed E-state index contributed by atoms with van der Waals surface area (Å²) in [4.78, 5) is 19.2. The van der Waals surface area contributed by atoms with Crippen molar-refractivity contribution in [2.45, 2.75) is 32.0 Å². The van der Waals surface area contributed by atoms with Crippen LogP contribution in [0.15, 0.2) is 78.1 Å². The van der Waals surface area contributed by atoms with Crippen LogP contribution in [0.4, 0.5) is 0 Å². The van der Waals surface area contributed by atoms with Gasteiger partial charge >= 0.3 is 0 Å². The molecule has 0 N–H and O–H groups in total. The molecule has 4 aromatic rings. The maximum Gasteiger partial charge on any atom is 0.233 e. The minimum absolute atomic E-state index is 0.0133. The van der Waals surface area contributed by atoms with Crippen LogP contribution in [0.25, 0.3) is 17.2 Å². The number of carbonyl (C=O) groups excluding carboxylic acids is 1. The average Bonchev–Trinajstić information content (AvgIpc) is 3.26. The molecule has 4 rings (SSSR count). The molecule has 0 radical (unpaired) electrons. The van der Waals surface area contributed by atoms with E-state index in [-0.39, 0.29) is 17.7 Å². The monoisotopic (exact) mass is 457 g/mol. The number of benzene rings is 2. The van der Waals surface area contributed by atoms with Crippen molar-refractivity contribution in [2.24, 2.45) is 0 Å². The fourth-order valence-corrected chi connectivity index (χ4v) is 4.57. The predicted octanol–water partition coefficient (Wildman–Crippen LogP) is 5.26. The van der Waals surface area contributed by atoms with E-state index in [0.717, 1.165) is 22.5 Å². The van der Waals surface area contributed by atoms with E-state index in [2.05, 4.69) is 47.2 Å². The summed E-state index contributed by atoms with van der Waals surface area (Å²) in [7, 11) is 1.84. The van der Waals surface area contributed by atoms with Crippen molar-refractivity contribution in [3.63, 3.8) is 0 Å². The Morgan fingerprint density at radius 3 is 2.48 bits per heavy atom. The lowest BCUT2D eigenvalue weighted by Gasteiger charge is -2.25. The lowest BCUT2D eigenvalue weighted by Crippen LogP contribution is -2.31. The van der Waals surface area contributed by atoms with Gasteiger partial charge in [-0.2, -0.15) is 0 Å². The molecule has 0 aliphatic carbocycles. The Balaban J connectivity index is 1.61. The van der Waals surface area contributed by atoms with Gasteiger partial charge in [0.2, 0.25) is 5.91 Å². The molecule has 1 unspecified atom stereocenters. The molecule has 33 heavy (non-hydrogen) atoms. The molecule has 1 atom stereocenters. The normalized spacial score (nSPS) is 11.9. The SMILES string of the molecule is Cc1ccc(-n2c(SCC(=O)N(C)C(C)c3ccccc3)nnc2-c2ccccn2)c(C)c1. The molecule has 0 bridgehead atoms. The predicted molar refractivity (Wildman–Crippen MR) is 132 cm³/mol. The Bertz CT molecular complexity index is 1240. The molecule has 2 heterocycles. The Hall–Kier alpha value is -3.45. The Labute approximate surface area is 198 Å². The van der Waals surface area contributed by atoms with Crippen molar-refractivity contribution >= 4 is 17.7 Å². The lowest BCUT2D eigenvalue weighted by atomic mass is 10.1. The highest BCUT2D eigenvalue weighted by Crippen LogP contribution is 2.29. The maximum absolute atomic E-state index is 13.0. The molecule has 0 fully saturated rings. The molecule has 168 valence electrons. The zero-order valence-electron chi connectivity index (χ0n) is 19.3. The van der Waals surface area contributed by atoms with Gasteiger partial charge in [-0.3, -0.25) is 14.3 Å². The summed E-state index contributed by atoms with van der Waals surface area (Å²) in [6, 6.07) is 22.0. The molecule has 2 aromatic carbocycles. The van der Waals surface area contributed by atoms with E-state index in [0.29, 0.717) is 11.0 Å². The molecule has 0 saturated carbocycles. The van der Waals surface area contributed by atoms with Crippen molar-refractivity contribution in [3.8, 4) is 17.2 Å². The number of thioether (sulfide) groups is 1. The van der Waals surface area contributed by atoms with Gasteiger partial charge in [0, 0.05) is 13.2 Å². The first-order valence-electron chi connectivity index (χ1n) is 10.8. The Morgan fingerprint density at radius 1 is 1.03 bits per heavy atom. The van der Waals surface area contributed by atoms with Gasteiger partial charge < -0.3 is 4.90 Å². The second-order valence-electron chi connectivity index (χ2n) is 8.03. The fourth-order valence-electron chi connectivity index (χ4n) is 3.70. The Morgan fingerprint density at radius 2 is 1.79 bits per heavy atom. The number of rotatable bonds is 7. The highest BCUT2D eigenvalue weighted by atomic mass is 32.2. The van der Waals surface area contributed by atoms with Gasteiger partial charge in [-0.25, -0.2) is 0 Å². The largest absolute Gasteiger partial charge is 0.338 e. The standard InChI is InChI=1S/C26H27N5OS/c1-18-13-14-23(19(2)16-18)31-25(22-12-8-9-15-27-22)28-29-26(31)33-17-24(32)30(4)20(3)21-10-6-5-7-11-21/h5-16,20H,17H2,1-4H3. The van der Waals surface area contributed by atoms with Gasteiger partial charge in [0.05, 0.1) is 17.5 Å². The second kappa shape index (κ2) is 10.0. The first-order chi connectivity index (χ1) is 16.0. The van der Waals surface area contributed by atoms with E-state index in [9.17, 15) is 4.79 Å². The van der Waals surface area contributed by atoms with Gasteiger partial charge in [-0.1, -0.05) is 65.9 Å². The number of hydrogen-bond acceptors (Lipinski definition) is 5. The van der Waals surface area contributed by atoms with E-state index in [1.165, 1.54) is 17.3 Å². The van der Waals surface area contributed by atoms with Gasteiger partial charge in [0.25, 0.3) is 0 Å². The van der Waals surface area contributed by atoms with E-state index in [1.54, 1.807) is 11.1 Å². The summed E-state index contributed by atoms with van der Waals surface area (Å²) in [5.41, 5.74) is 5.11.